The van der Waals surface area contributed by atoms with Crippen molar-refractivity contribution in [1.29, 1.82) is 0 Å². The fourth-order valence-corrected chi connectivity index (χ4v) is 5.55. The van der Waals surface area contributed by atoms with E-state index in [1.54, 1.807) is 7.11 Å². The zero-order valence-electron chi connectivity index (χ0n) is 16.8. The van der Waals surface area contributed by atoms with Crippen molar-refractivity contribution in [3.8, 4) is 0 Å². The molecule has 3 aliphatic heterocycles. The van der Waals surface area contributed by atoms with Crippen LogP contribution in [-0.4, -0.2) is 60.0 Å². The van der Waals surface area contributed by atoms with Crippen molar-refractivity contribution in [2.24, 2.45) is 13.0 Å². The van der Waals surface area contributed by atoms with Crippen LogP contribution < -0.4 is 5.32 Å². The van der Waals surface area contributed by atoms with Crippen LogP contribution in [0.1, 0.15) is 68.2 Å². The molecule has 3 saturated heterocycles. The Kier molecular flexibility index (Phi) is 5.83. The molecule has 1 unspecified atom stereocenters. The van der Waals surface area contributed by atoms with E-state index in [1.807, 2.05) is 0 Å². The zero-order valence-corrected chi connectivity index (χ0v) is 16.8. The van der Waals surface area contributed by atoms with Crippen molar-refractivity contribution in [2.45, 2.75) is 62.8 Å². The number of hydrogen-bond donors (Lipinski definition) is 1. The summed E-state index contributed by atoms with van der Waals surface area (Å²) >= 11 is 0. The molecule has 0 spiro atoms. The van der Waals surface area contributed by atoms with Gasteiger partial charge in [0, 0.05) is 50.8 Å². The van der Waals surface area contributed by atoms with Crippen LogP contribution in [0.3, 0.4) is 0 Å². The number of rotatable bonds is 6. The number of ether oxygens (including phenoxy) is 1. The Morgan fingerprint density at radius 2 is 2.11 bits per heavy atom. The largest absolute Gasteiger partial charge is 0.375 e. The summed E-state index contributed by atoms with van der Waals surface area (Å²) in [5.74, 6) is 1.94. The maximum Gasteiger partial charge on any atom is 0.246 e. The fourth-order valence-electron chi connectivity index (χ4n) is 5.55. The number of piperidine rings is 3. The molecule has 0 aromatic carbocycles. The molecule has 1 aromatic heterocycles. The standard InChI is InChI=1S/C21H34N4O2/c1-24-20(11-19(23-24)15-6-4-3-5-7-15)18-13-25-9-8-16(18)10-17(25)12-22-21(26)14-27-2/h11,15-18H,3-10,12-14H2,1-2H3,(H,22,26)/t16-,17+,18-/m0/s1. The Balaban J connectivity index is 1.40. The highest BCUT2D eigenvalue weighted by Crippen LogP contribution is 2.42. The predicted molar refractivity (Wildman–Crippen MR) is 105 cm³/mol. The number of nitrogens with zero attached hydrogens (tertiary/aromatic N) is 3. The summed E-state index contributed by atoms with van der Waals surface area (Å²) in [5.41, 5.74) is 2.75. The number of nitrogens with one attached hydrogen (secondary N) is 1. The van der Waals surface area contributed by atoms with E-state index in [0.29, 0.717) is 23.8 Å². The molecule has 5 rings (SSSR count). The molecule has 1 aliphatic carbocycles. The summed E-state index contributed by atoms with van der Waals surface area (Å²) in [4.78, 5) is 14.3. The monoisotopic (exact) mass is 374 g/mol. The van der Waals surface area contributed by atoms with Crippen molar-refractivity contribution in [3.05, 3.63) is 17.5 Å². The van der Waals surface area contributed by atoms with E-state index in [4.69, 9.17) is 9.84 Å². The van der Waals surface area contributed by atoms with Gasteiger partial charge in [0.2, 0.25) is 5.91 Å². The van der Waals surface area contributed by atoms with Gasteiger partial charge in [-0.05, 0) is 44.2 Å². The first-order chi connectivity index (χ1) is 13.2. The molecule has 6 nitrogen and oxygen atoms in total. The molecule has 2 bridgehead atoms. The number of carbonyl (C=O) groups is 1. The smallest absolute Gasteiger partial charge is 0.246 e. The lowest BCUT2D eigenvalue weighted by Crippen LogP contribution is -2.56. The summed E-state index contributed by atoms with van der Waals surface area (Å²) in [6.45, 7) is 3.14. The molecule has 4 fully saturated rings. The Morgan fingerprint density at radius 3 is 2.81 bits per heavy atom. The molecule has 4 aliphatic rings. The SMILES string of the molecule is COCC(=O)NC[C@H]1C[C@@H]2CCN1C[C@@H]2c1cc(C2CCCCC2)nn1C. The second-order valence-electron chi connectivity index (χ2n) is 8.73. The quantitative estimate of drug-likeness (QED) is 0.831. The third-order valence-electron chi connectivity index (χ3n) is 7.03. The first-order valence-electron chi connectivity index (χ1n) is 10.7. The minimum Gasteiger partial charge on any atom is -0.375 e. The number of fused-ring (bicyclic) bond motifs is 3. The van der Waals surface area contributed by atoms with Gasteiger partial charge in [-0.2, -0.15) is 5.10 Å². The molecular formula is C21H34N4O2. The molecule has 1 N–H and O–H groups in total. The van der Waals surface area contributed by atoms with E-state index in [0.717, 1.165) is 19.6 Å². The summed E-state index contributed by atoms with van der Waals surface area (Å²) in [6, 6.07) is 2.88. The lowest BCUT2D eigenvalue weighted by atomic mass is 9.74. The van der Waals surface area contributed by atoms with Gasteiger partial charge in [-0.3, -0.25) is 14.4 Å². The summed E-state index contributed by atoms with van der Waals surface area (Å²) in [6.07, 6.45) is 9.14. The average molecular weight is 375 g/mol. The van der Waals surface area contributed by atoms with Crippen LogP contribution in [0.5, 0.6) is 0 Å². The Morgan fingerprint density at radius 1 is 1.30 bits per heavy atom. The van der Waals surface area contributed by atoms with Gasteiger partial charge in [-0.1, -0.05) is 19.3 Å². The number of amides is 1. The summed E-state index contributed by atoms with van der Waals surface area (Å²) < 4.78 is 7.07. The van der Waals surface area contributed by atoms with Gasteiger partial charge in [0.15, 0.2) is 0 Å². The highest BCUT2D eigenvalue weighted by atomic mass is 16.5. The van der Waals surface area contributed by atoms with E-state index >= 15 is 0 Å². The van der Waals surface area contributed by atoms with Crippen LogP contribution in [0.2, 0.25) is 0 Å². The normalized spacial score (nSPS) is 31.2. The highest BCUT2D eigenvalue weighted by molar-refractivity contribution is 5.77. The molecule has 6 heteroatoms. The van der Waals surface area contributed by atoms with Crippen LogP contribution in [0.15, 0.2) is 6.07 Å². The molecule has 4 heterocycles. The van der Waals surface area contributed by atoms with Crippen molar-refractivity contribution in [2.75, 3.05) is 33.4 Å². The Hall–Kier alpha value is -1.40. The van der Waals surface area contributed by atoms with E-state index in [1.165, 1.54) is 56.3 Å². The summed E-state index contributed by atoms with van der Waals surface area (Å²) in [5, 5.41) is 7.95. The molecule has 4 atom stereocenters. The Bertz CT molecular complexity index is 653. The van der Waals surface area contributed by atoms with E-state index < -0.39 is 0 Å². The molecule has 150 valence electrons. The molecule has 0 radical (unpaired) electrons. The maximum absolute atomic E-state index is 11.7. The van der Waals surface area contributed by atoms with Crippen LogP contribution in [0.4, 0.5) is 0 Å². The van der Waals surface area contributed by atoms with Crippen LogP contribution in [0.25, 0.3) is 0 Å². The van der Waals surface area contributed by atoms with Gasteiger partial charge in [0.25, 0.3) is 0 Å². The highest BCUT2D eigenvalue weighted by Gasteiger charge is 2.42. The third-order valence-corrected chi connectivity index (χ3v) is 7.03. The molecule has 1 amide bonds. The van der Waals surface area contributed by atoms with E-state index in [9.17, 15) is 4.79 Å². The lowest BCUT2D eigenvalue weighted by Gasteiger charge is -2.50. The third kappa shape index (κ3) is 4.06. The molecule has 1 aromatic rings. The van der Waals surface area contributed by atoms with Gasteiger partial charge in [-0.25, -0.2) is 0 Å². The van der Waals surface area contributed by atoms with E-state index in [2.05, 4.69) is 28.0 Å². The minimum atomic E-state index is -0.0135. The number of methoxy groups -OCH3 is 1. The van der Waals surface area contributed by atoms with Gasteiger partial charge in [-0.15, -0.1) is 0 Å². The first-order valence-corrected chi connectivity index (χ1v) is 10.7. The van der Waals surface area contributed by atoms with Crippen molar-refractivity contribution in [1.82, 2.24) is 20.0 Å². The van der Waals surface area contributed by atoms with E-state index in [-0.39, 0.29) is 12.5 Å². The topological polar surface area (TPSA) is 59.4 Å². The zero-order chi connectivity index (χ0) is 18.8. The molecule has 1 saturated carbocycles. The van der Waals surface area contributed by atoms with Crippen LogP contribution in [0, 0.1) is 5.92 Å². The number of hydrogen-bond acceptors (Lipinski definition) is 4. The lowest BCUT2D eigenvalue weighted by molar-refractivity contribution is -0.125. The maximum atomic E-state index is 11.7. The van der Waals surface area contributed by atoms with Gasteiger partial charge < -0.3 is 10.1 Å². The van der Waals surface area contributed by atoms with Crippen LogP contribution >= 0.6 is 0 Å². The van der Waals surface area contributed by atoms with Crippen molar-refractivity contribution in [3.63, 3.8) is 0 Å². The molecular weight excluding hydrogens is 340 g/mol. The van der Waals surface area contributed by atoms with Crippen LogP contribution in [-0.2, 0) is 16.6 Å². The second-order valence-corrected chi connectivity index (χ2v) is 8.73. The predicted octanol–water partition coefficient (Wildman–Crippen LogP) is 2.41. The van der Waals surface area contributed by atoms with Crippen molar-refractivity contribution >= 4 is 5.91 Å². The summed E-state index contributed by atoms with van der Waals surface area (Å²) in [7, 11) is 3.69. The first kappa shape index (κ1) is 18.9. The second kappa shape index (κ2) is 8.31. The van der Waals surface area contributed by atoms with Gasteiger partial charge in [0.1, 0.15) is 6.61 Å². The van der Waals surface area contributed by atoms with Gasteiger partial charge in [0.05, 0.1) is 5.69 Å². The Labute approximate surface area is 162 Å². The molecule has 27 heavy (non-hydrogen) atoms. The number of aryl methyl sites for hydroxylation is 1. The van der Waals surface area contributed by atoms with Crippen molar-refractivity contribution < 1.29 is 9.53 Å². The van der Waals surface area contributed by atoms with Gasteiger partial charge >= 0.3 is 0 Å². The number of aromatic nitrogens is 2. The average Bonchev–Trinajstić information content (AvgIpc) is 3.09. The minimum absolute atomic E-state index is 0.0135. The number of carbonyl (C=O) groups excluding carboxylic acids is 1. The fraction of sp³-hybridized carbons (Fsp3) is 0.810.